The van der Waals surface area contributed by atoms with Gasteiger partial charge in [-0.1, -0.05) is 12.1 Å². The van der Waals surface area contributed by atoms with Gasteiger partial charge in [-0.05, 0) is 30.5 Å². The first-order valence-corrected chi connectivity index (χ1v) is 9.63. The molecule has 8 heteroatoms. The highest BCUT2D eigenvalue weighted by Gasteiger charge is 2.28. The first-order valence-electron chi connectivity index (χ1n) is 7.78. The van der Waals surface area contributed by atoms with E-state index in [2.05, 4.69) is 15.3 Å². The Hall–Kier alpha value is -2.19. The van der Waals surface area contributed by atoms with Gasteiger partial charge in [0, 0.05) is 24.7 Å². The van der Waals surface area contributed by atoms with Gasteiger partial charge in [0.2, 0.25) is 15.9 Å². The average Bonchev–Trinajstić information content (AvgIpc) is 3.09. The van der Waals surface area contributed by atoms with Crippen LogP contribution >= 0.6 is 0 Å². The lowest BCUT2D eigenvalue weighted by Crippen LogP contribution is -2.40. The lowest BCUT2D eigenvalue weighted by atomic mass is 9.97. The van der Waals surface area contributed by atoms with Crippen LogP contribution in [0, 0.1) is 5.92 Å². The summed E-state index contributed by atoms with van der Waals surface area (Å²) in [6.45, 7) is 0.797. The number of H-pyrrole nitrogens is 1. The van der Waals surface area contributed by atoms with Gasteiger partial charge < -0.3 is 10.3 Å². The molecule has 1 aromatic heterocycles. The number of benzene rings is 1. The van der Waals surface area contributed by atoms with Crippen LogP contribution in [0.2, 0.25) is 0 Å². The van der Waals surface area contributed by atoms with Crippen molar-refractivity contribution in [2.24, 2.45) is 5.92 Å². The summed E-state index contributed by atoms with van der Waals surface area (Å²) in [4.78, 5) is 19.4. The Bertz CT molecular complexity index is 792. The SMILES string of the molecule is CS(=O)(=O)N1CCC(C(=O)Nc2ccc(-c3cnc[nH]3)cc2)CC1. The van der Waals surface area contributed by atoms with E-state index in [9.17, 15) is 13.2 Å². The lowest BCUT2D eigenvalue weighted by molar-refractivity contribution is -0.120. The molecule has 1 saturated heterocycles. The van der Waals surface area contributed by atoms with Crippen molar-refractivity contribution in [2.45, 2.75) is 12.8 Å². The summed E-state index contributed by atoms with van der Waals surface area (Å²) in [5.41, 5.74) is 2.64. The molecule has 0 radical (unpaired) electrons. The molecule has 1 aliphatic rings. The van der Waals surface area contributed by atoms with Gasteiger partial charge in [0.1, 0.15) is 0 Å². The number of aromatic nitrogens is 2. The molecule has 0 unspecified atom stereocenters. The van der Waals surface area contributed by atoms with Crippen molar-refractivity contribution in [3.63, 3.8) is 0 Å². The molecule has 0 spiro atoms. The molecule has 0 saturated carbocycles. The van der Waals surface area contributed by atoms with Crippen LogP contribution in [-0.2, 0) is 14.8 Å². The van der Waals surface area contributed by atoms with Crippen LogP contribution in [0.3, 0.4) is 0 Å². The Kier molecular flexibility index (Phi) is 4.68. The summed E-state index contributed by atoms with van der Waals surface area (Å²) in [5.74, 6) is -0.215. The van der Waals surface area contributed by atoms with Crippen LogP contribution in [0.4, 0.5) is 5.69 Å². The molecule has 0 atom stereocenters. The fourth-order valence-corrected chi connectivity index (χ4v) is 3.71. The number of sulfonamides is 1. The molecule has 2 heterocycles. The maximum atomic E-state index is 12.3. The van der Waals surface area contributed by atoms with Crippen molar-refractivity contribution in [2.75, 3.05) is 24.7 Å². The Morgan fingerprint density at radius 2 is 1.92 bits per heavy atom. The van der Waals surface area contributed by atoms with Crippen molar-refractivity contribution in [1.82, 2.24) is 14.3 Å². The van der Waals surface area contributed by atoms with Gasteiger partial charge in [-0.2, -0.15) is 0 Å². The predicted octanol–water partition coefficient (Wildman–Crippen LogP) is 1.69. The van der Waals surface area contributed by atoms with Gasteiger partial charge in [0.25, 0.3) is 0 Å². The maximum absolute atomic E-state index is 12.3. The van der Waals surface area contributed by atoms with Gasteiger partial charge in [0.05, 0.1) is 24.5 Å². The number of rotatable bonds is 4. The number of amides is 1. The number of nitrogens with one attached hydrogen (secondary N) is 2. The third-order valence-corrected chi connectivity index (χ3v) is 5.56. The number of anilines is 1. The zero-order valence-electron chi connectivity index (χ0n) is 13.4. The van der Waals surface area contributed by atoms with Crippen LogP contribution in [0.15, 0.2) is 36.8 Å². The summed E-state index contributed by atoms with van der Waals surface area (Å²) >= 11 is 0. The molecule has 1 aliphatic heterocycles. The number of carbonyl (C=O) groups is 1. The quantitative estimate of drug-likeness (QED) is 0.879. The topological polar surface area (TPSA) is 95.2 Å². The van der Waals surface area contributed by atoms with Crippen LogP contribution in [0.25, 0.3) is 11.3 Å². The van der Waals surface area contributed by atoms with E-state index in [1.807, 2.05) is 24.3 Å². The Balaban J connectivity index is 1.58. The van der Waals surface area contributed by atoms with Crippen LogP contribution in [-0.4, -0.2) is 47.9 Å². The summed E-state index contributed by atoms with van der Waals surface area (Å²) in [6, 6.07) is 7.52. The lowest BCUT2D eigenvalue weighted by Gasteiger charge is -2.29. The number of hydrogen-bond acceptors (Lipinski definition) is 4. The normalized spacial score (nSPS) is 16.9. The highest BCUT2D eigenvalue weighted by molar-refractivity contribution is 7.88. The monoisotopic (exact) mass is 348 g/mol. The van der Waals surface area contributed by atoms with E-state index in [4.69, 9.17) is 0 Å². The van der Waals surface area contributed by atoms with E-state index in [0.29, 0.717) is 25.9 Å². The van der Waals surface area contributed by atoms with E-state index in [-0.39, 0.29) is 11.8 Å². The molecule has 3 rings (SSSR count). The number of nitrogens with zero attached hydrogens (tertiary/aromatic N) is 2. The molecule has 2 N–H and O–H groups in total. The summed E-state index contributed by atoms with van der Waals surface area (Å²) in [7, 11) is -3.17. The average molecular weight is 348 g/mol. The van der Waals surface area contributed by atoms with Crippen LogP contribution in [0.5, 0.6) is 0 Å². The summed E-state index contributed by atoms with van der Waals surface area (Å²) in [5, 5.41) is 2.90. The smallest absolute Gasteiger partial charge is 0.227 e. The molecule has 7 nitrogen and oxygen atoms in total. The van der Waals surface area contributed by atoms with E-state index in [1.165, 1.54) is 10.6 Å². The minimum absolute atomic E-state index is 0.0579. The molecule has 2 aromatic rings. The Morgan fingerprint density at radius 3 is 2.46 bits per heavy atom. The van der Waals surface area contributed by atoms with Crippen molar-refractivity contribution >= 4 is 21.6 Å². The van der Waals surface area contributed by atoms with Crippen LogP contribution < -0.4 is 5.32 Å². The third kappa shape index (κ3) is 3.82. The van der Waals surface area contributed by atoms with Crippen molar-refractivity contribution < 1.29 is 13.2 Å². The molecule has 128 valence electrons. The molecule has 0 aliphatic carbocycles. The van der Waals surface area contributed by atoms with Crippen molar-refractivity contribution in [1.29, 1.82) is 0 Å². The van der Waals surface area contributed by atoms with Gasteiger partial charge >= 0.3 is 0 Å². The zero-order valence-corrected chi connectivity index (χ0v) is 14.2. The number of imidazole rings is 1. The Labute approximate surface area is 141 Å². The largest absolute Gasteiger partial charge is 0.345 e. The third-order valence-electron chi connectivity index (χ3n) is 4.26. The van der Waals surface area contributed by atoms with E-state index < -0.39 is 10.0 Å². The van der Waals surface area contributed by atoms with Gasteiger partial charge in [-0.15, -0.1) is 0 Å². The van der Waals surface area contributed by atoms with Crippen molar-refractivity contribution in [3.05, 3.63) is 36.8 Å². The van der Waals surface area contributed by atoms with Gasteiger partial charge in [-0.3, -0.25) is 4.79 Å². The molecular formula is C16H20N4O3S. The summed E-state index contributed by atoms with van der Waals surface area (Å²) in [6.07, 6.45) is 5.65. The second-order valence-electron chi connectivity index (χ2n) is 5.97. The standard InChI is InChI=1S/C16H20N4O3S/c1-24(22,23)20-8-6-13(7-9-20)16(21)19-14-4-2-12(3-5-14)15-10-17-11-18-15/h2-5,10-11,13H,6-9H2,1H3,(H,17,18)(H,19,21). The molecule has 1 amide bonds. The highest BCUT2D eigenvalue weighted by Crippen LogP contribution is 2.22. The minimum atomic E-state index is -3.17. The highest BCUT2D eigenvalue weighted by atomic mass is 32.2. The number of carbonyl (C=O) groups excluding carboxylic acids is 1. The summed E-state index contributed by atoms with van der Waals surface area (Å²) < 4.78 is 24.4. The molecule has 0 bridgehead atoms. The van der Waals surface area contributed by atoms with E-state index in [0.717, 1.165) is 16.9 Å². The fourth-order valence-electron chi connectivity index (χ4n) is 2.84. The van der Waals surface area contributed by atoms with E-state index >= 15 is 0 Å². The maximum Gasteiger partial charge on any atom is 0.227 e. The van der Waals surface area contributed by atoms with E-state index in [1.54, 1.807) is 12.5 Å². The second kappa shape index (κ2) is 6.74. The number of piperidine rings is 1. The van der Waals surface area contributed by atoms with Gasteiger partial charge in [-0.25, -0.2) is 17.7 Å². The fraction of sp³-hybridized carbons (Fsp3) is 0.375. The number of aromatic amines is 1. The zero-order chi connectivity index (χ0) is 17.2. The second-order valence-corrected chi connectivity index (χ2v) is 7.95. The van der Waals surface area contributed by atoms with Gasteiger partial charge in [0.15, 0.2) is 0 Å². The molecule has 1 fully saturated rings. The first kappa shape index (κ1) is 16.7. The first-order chi connectivity index (χ1) is 11.4. The molecule has 24 heavy (non-hydrogen) atoms. The molecular weight excluding hydrogens is 328 g/mol. The minimum Gasteiger partial charge on any atom is -0.345 e. The molecule has 1 aromatic carbocycles. The van der Waals surface area contributed by atoms with Crippen LogP contribution in [0.1, 0.15) is 12.8 Å². The van der Waals surface area contributed by atoms with Crippen molar-refractivity contribution in [3.8, 4) is 11.3 Å². The predicted molar refractivity (Wildman–Crippen MR) is 91.8 cm³/mol. The number of hydrogen-bond donors (Lipinski definition) is 2. The Morgan fingerprint density at radius 1 is 1.25 bits per heavy atom.